The van der Waals surface area contributed by atoms with E-state index in [4.69, 9.17) is 19.7 Å². The molecule has 2 N–H and O–H groups in total. The topological polar surface area (TPSA) is 93.1 Å². The second-order valence-electron chi connectivity index (χ2n) is 10.8. The largest absolute Gasteiger partial charge is 0.462 e. The van der Waals surface area contributed by atoms with Gasteiger partial charge in [-0.25, -0.2) is 9.59 Å². The van der Waals surface area contributed by atoms with E-state index in [0.29, 0.717) is 18.8 Å². The van der Waals surface area contributed by atoms with E-state index in [1.54, 1.807) is 0 Å². The Kier molecular flexibility index (Phi) is 13.1. The molecule has 1 aliphatic carbocycles. The summed E-state index contributed by atoms with van der Waals surface area (Å²) >= 11 is 0. The fraction of sp³-hybridized carbons (Fsp3) is 0.429. The lowest BCUT2D eigenvalue weighted by atomic mass is 9.77. The zero-order valence-electron chi connectivity index (χ0n) is 24.3. The van der Waals surface area contributed by atoms with Crippen LogP contribution >= 0.6 is 0 Å². The van der Waals surface area contributed by atoms with Gasteiger partial charge in [-0.2, -0.15) is 0 Å². The van der Waals surface area contributed by atoms with Gasteiger partial charge in [-0.1, -0.05) is 67.8 Å². The Labute approximate surface area is 244 Å². The standard InChI is InChI=1S/C35H44O6/c1-4-5-6-7-27-8-10-30(11-9-27)31-12-14-32(15-13-31)33-21-28(16-18-40-34(38)25(2)23-36)20-29(22-33)17-19-41-35(39)26(3)24-37/h4-5,12-15,20-22,27,30,36-37H,2-3,6-11,16-19,23-24H2,1H3/b5-4+. The minimum absolute atomic E-state index is 0.0212. The van der Waals surface area contributed by atoms with E-state index < -0.39 is 25.2 Å². The summed E-state index contributed by atoms with van der Waals surface area (Å²) in [6.45, 7) is 8.53. The molecule has 0 amide bonds. The van der Waals surface area contributed by atoms with Gasteiger partial charge in [0.1, 0.15) is 0 Å². The van der Waals surface area contributed by atoms with Crippen LogP contribution in [0.2, 0.25) is 0 Å². The number of benzene rings is 2. The van der Waals surface area contributed by atoms with Gasteiger partial charge in [-0.05, 0) is 85.1 Å². The van der Waals surface area contributed by atoms with E-state index in [1.165, 1.54) is 44.1 Å². The van der Waals surface area contributed by atoms with Crippen molar-refractivity contribution >= 4 is 11.9 Å². The number of hydrogen-bond donors (Lipinski definition) is 2. The molecule has 1 aliphatic rings. The van der Waals surface area contributed by atoms with Gasteiger partial charge in [-0.3, -0.25) is 0 Å². The summed E-state index contributed by atoms with van der Waals surface area (Å²) in [6, 6.07) is 15.0. The second kappa shape index (κ2) is 16.7. The third kappa shape index (κ3) is 10.1. The Morgan fingerprint density at radius 2 is 1.37 bits per heavy atom. The van der Waals surface area contributed by atoms with Crippen LogP contribution in [0.15, 0.2) is 78.9 Å². The summed E-state index contributed by atoms with van der Waals surface area (Å²) in [5.74, 6) is 0.227. The van der Waals surface area contributed by atoms with Crippen molar-refractivity contribution in [3.8, 4) is 11.1 Å². The Morgan fingerprint density at radius 1 is 0.829 bits per heavy atom. The average molecular weight is 561 g/mol. The highest BCUT2D eigenvalue weighted by molar-refractivity contribution is 5.88. The van der Waals surface area contributed by atoms with Gasteiger partial charge in [0.15, 0.2) is 0 Å². The summed E-state index contributed by atoms with van der Waals surface area (Å²) in [7, 11) is 0. The fourth-order valence-electron chi connectivity index (χ4n) is 5.31. The molecule has 0 atom stereocenters. The Morgan fingerprint density at radius 3 is 1.85 bits per heavy atom. The molecule has 220 valence electrons. The van der Waals surface area contributed by atoms with Gasteiger partial charge in [0.2, 0.25) is 0 Å². The summed E-state index contributed by atoms with van der Waals surface area (Å²) in [6.07, 6.45) is 12.9. The zero-order valence-corrected chi connectivity index (χ0v) is 24.3. The van der Waals surface area contributed by atoms with E-state index in [0.717, 1.165) is 28.2 Å². The molecule has 0 radical (unpaired) electrons. The molecule has 6 heteroatoms. The number of ether oxygens (including phenoxy) is 2. The molecule has 0 saturated heterocycles. The van der Waals surface area contributed by atoms with Crippen molar-refractivity contribution in [1.82, 2.24) is 0 Å². The quantitative estimate of drug-likeness (QED) is 0.152. The van der Waals surface area contributed by atoms with E-state index in [-0.39, 0.29) is 24.4 Å². The van der Waals surface area contributed by atoms with Crippen LogP contribution in [0.1, 0.15) is 68.1 Å². The molecule has 1 saturated carbocycles. The fourth-order valence-corrected chi connectivity index (χ4v) is 5.31. The number of hydrogen-bond acceptors (Lipinski definition) is 6. The van der Waals surface area contributed by atoms with Crippen LogP contribution in [-0.4, -0.2) is 48.6 Å². The summed E-state index contributed by atoms with van der Waals surface area (Å²) in [4.78, 5) is 23.8. The number of carbonyl (C=O) groups is 2. The Hall–Kier alpha value is -3.48. The van der Waals surface area contributed by atoms with Gasteiger partial charge >= 0.3 is 11.9 Å². The van der Waals surface area contributed by atoms with Crippen molar-refractivity contribution in [2.45, 2.75) is 64.2 Å². The van der Waals surface area contributed by atoms with Gasteiger partial charge in [0, 0.05) is 12.8 Å². The zero-order chi connectivity index (χ0) is 29.6. The molecule has 1 fully saturated rings. The molecule has 0 spiro atoms. The van der Waals surface area contributed by atoms with E-state index in [9.17, 15) is 9.59 Å². The number of allylic oxidation sites excluding steroid dienone is 2. The molecule has 0 bridgehead atoms. The number of esters is 2. The van der Waals surface area contributed by atoms with Crippen LogP contribution in [0.4, 0.5) is 0 Å². The molecule has 0 unspecified atom stereocenters. The summed E-state index contributed by atoms with van der Waals surface area (Å²) < 4.78 is 10.5. The lowest BCUT2D eigenvalue weighted by molar-refractivity contribution is -0.140. The minimum Gasteiger partial charge on any atom is -0.462 e. The predicted octanol–water partition coefficient (Wildman–Crippen LogP) is 6.25. The molecule has 2 aromatic carbocycles. The highest BCUT2D eigenvalue weighted by Crippen LogP contribution is 2.38. The first-order chi connectivity index (χ1) is 19.8. The number of aliphatic hydroxyl groups is 2. The third-order valence-corrected chi connectivity index (χ3v) is 7.80. The third-order valence-electron chi connectivity index (χ3n) is 7.80. The Bertz CT molecular complexity index is 1150. The normalized spacial score (nSPS) is 16.9. The molecule has 0 heterocycles. The van der Waals surface area contributed by atoms with Crippen molar-refractivity contribution < 1.29 is 29.3 Å². The van der Waals surface area contributed by atoms with Crippen molar-refractivity contribution in [2.75, 3.05) is 26.4 Å². The van der Waals surface area contributed by atoms with E-state index in [1.807, 2.05) is 6.07 Å². The molecule has 2 aromatic rings. The lowest BCUT2D eigenvalue weighted by Gasteiger charge is -2.28. The maximum Gasteiger partial charge on any atom is 0.335 e. The molecule has 6 nitrogen and oxygen atoms in total. The van der Waals surface area contributed by atoms with Crippen molar-refractivity contribution in [3.05, 3.63) is 95.6 Å². The first-order valence-corrected chi connectivity index (χ1v) is 14.6. The van der Waals surface area contributed by atoms with Crippen LogP contribution in [0.5, 0.6) is 0 Å². The average Bonchev–Trinajstić information content (AvgIpc) is 3.00. The summed E-state index contributed by atoms with van der Waals surface area (Å²) in [5, 5.41) is 18.2. The molecule has 0 aliphatic heterocycles. The van der Waals surface area contributed by atoms with Gasteiger partial charge < -0.3 is 19.7 Å². The maximum atomic E-state index is 11.9. The van der Waals surface area contributed by atoms with Crippen LogP contribution in [0.3, 0.4) is 0 Å². The monoisotopic (exact) mass is 560 g/mol. The predicted molar refractivity (Wildman–Crippen MR) is 162 cm³/mol. The van der Waals surface area contributed by atoms with Gasteiger partial charge in [-0.15, -0.1) is 0 Å². The van der Waals surface area contributed by atoms with Gasteiger partial charge in [0.05, 0.1) is 37.6 Å². The number of rotatable bonds is 15. The molecule has 41 heavy (non-hydrogen) atoms. The first-order valence-electron chi connectivity index (χ1n) is 14.6. The maximum absolute atomic E-state index is 11.9. The highest BCUT2D eigenvalue weighted by atomic mass is 16.5. The van der Waals surface area contributed by atoms with Crippen LogP contribution in [0, 0.1) is 5.92 Å². The minimum atomic E-state index is -0.609. The smallest absolute Gasteiger partial charge is 0.335 e. The molecule has 3 rings (SSSR count). The first kappa shape index (κ1) is 32.0. The van der Waals surface area contributed by atoms with E-state index >= 15 is 0 Å². The lowest BCUT2D eigenvalue weighted by Crippen LogP contribution is -2.13. The molecule has 0 aromatic heterocycles. The highest BCUT2D eigenvalue weighted by Gasteiger charge is 2.22. The van der Waals surface area contributed by atoms with Crippen LogP contribution in [-0.2, 0) is 31.9 Å². The molecular formula is C35H44O6. The number of carbonyl (C=O) groups excluding carboxylic acids is 2. The second-order valence-corrected chi connectivity index (χ2v) is 10.8. The van der Waals surface area contributed by atoms with Gasteiger partial charge in [0.25, 0.3) is 0 Å². The van der Waals surface area contributed by atoms with E-state index in [2.05, 4.69) is 68.6 Å². The van der Waals surface area contributed by atoms with Crippen LogP contribution in [0.25, 0.3) is 11.1 Å². The van der Waals surface area contributed by atoms with Crippen molar-refractivity contribution in [3.63, 3.8) is 0 Å². The Balaban J connectivity index is 1.69. The number of aliphatic hydroxyl groups excluding tert-OH is 2. The molecular weight excluding hydrogens is 516 g/mol. The van der Waals surface area contributed by atoms with Crippen molar-refractivity contribution in [1.29, 1.82) is 0 Å². The summed E-state index contributed by atoms with van der Waals surface area (Å²) in [5.41, 5.74) is 5.52. The SMILES string of the molecule is C=C(CO)C(=O)OCCc1cc(CCOC(=O)C(=C)CO)cc(-c2ccc(C3CCC(CC/C=C/C)CC3)cc2)c1. The van der Waals surface area contributed by atoms with Crippen molar-refractivity contribution in [2.24, 2.45) is 5.92 Å². The van der Waals surface area contributed by atoms with Crippen LogP contribution < -0.4 is 0 Å².